The van der Waals surface area contributed by atoms with Crippen LogP contribution in [0.25, 0.3) is 10.8 Å². The Balaban J connectivity index is 1.55. The number of nitrogen functional groups attached to an aromatic ring is 1. The third kappa shape index (κ3) is 3.97. The van der Waals surface area contributed by atoms with Crippen LogP contribution in [0.1, 0.15) is 11.4 Å². The lowest BCUT2D eigenvalue weighted by Crippen LogP contribution is -2.09. The molecular formula is C21H18ClN5O. The largest absolute Gasteiger partial charge is 0.485 e. The van der Waals surface area contributed by atoms with Gasteiger partial charge >= 0.3 is 0 Å². The lowest BCUT2D eigenvalue weighted by atomic mass is 10.1. The lowest BCUT2D eigenvalue weighted by Gasteiger charge is -2.11. The summed E-state index contributed by atoms with van der Waals surface area (Å²) < 4.78 is 5.94. The summed E-state index contributed by atoms with van der Waals surface area (Å²) in [7, 11) is 0. The van der Waals surface area contributed by atoms with E-state index in [0.29, 0.717) is 22.5 Å². The van der Waals surface area contributed by atoms with Crippen LogP contribution in [0.4, 0.5) is 17.6 Å². The Labute approximate surface area is 167 Å². The van der Waals surface area contributed by atoms with Gasteiger partial charge in [-0.2, -0.15) is 15.0 Å². The normalized spacial score (nSPS) is 10.8. The quantitative estimate of drug-likeness (QED) is 0.503. The topological polar surface area (TPSA) is 86.0 Å². The van der Waals surface area contributed by atoms with Crippen LogP contribution < -0.4 is 15.8 Å². The van der Waals surface area contributed by atoms with Gasteiger partial charge in [0.15, 0.2) is 5.82 Å². The van der Waals surface area contributed by atoms with Crippen molar-refractivity contribution in [2.45, 2.75) is 13.5 Å². The minimum atomic E-state index is 0.129. The zero-order valence-electron chi connectivity index (χ0n) is 15.2. The molecule has 4 rings (SSSR count). The fraction of sp³-hybridized carbons (Fsp3) is 0.0952. The molecule has 0 aliphatic heterocycles. The molecule has 0 amide bonds. The molecule has 6 nitrogen and oxygen atoms in total. The van der Waals surface area contributed by atoms with E-state index in [1.165, 1.54) is 5.56 Å². The summed E-state index contributed by atoms with van der Waals surface area (Å²) in [4.78, 5) is 12.7. The highest BCUT2D eigenvalue weighted by Crippen LogP contribution is 2.31. The minimum absolute atomic E-state index is 0.129. The number of nitrogens with zero attached hydrogens (tertiary/aromatic N) is 3. The minimum Gasteiger partial charge on any atom is -0.485 e. The highest BCUT2D eigenvalue weighted by molar-refractivity contribution is 6.35. The first kappa shape index (κ1) is 18.0. The summed E-state index contributed by atoms with van der Waals surface area (Å²) in [6, 6.07) is 19.3. The van der Waals surface area contributed by atoms with Crippen molar-refractivity contribution in [3.8, 4) is 5.75 Å². The standard InChI is InChI=1S/C21H18ClN5O/c1-13-6-8-14(9-7-13)24-21-26-19(25-20(23)27-21)12-28-18-11-10-17(22)15-4-2-3-5-16(15)18/h2-11H,12H2,1H3,(H3,23,24,25,26,27). The SMILES string of the molecule is Cc1ccc(Nc2nc(N)nc(COc3ccc(Cl)c4ccccc34)n2)cc1. The molecule has 0 atom stereocenters. The molecule has 1 aromatic heterocycles. The summed E-state index contributed by atoms with van der Waals surface area (Å²) in [6.07, 6.45) is 0. The molecule has 3 N–H and O–H groups in total. The average molecular weight is 392 g/mol. The second-order valence-corrected chi connectivity index (χ2v) is 6.71. The van der Waals surface area contributed by atoms with E-state index >= 15 is 0 Å². The van der Waals surface area contributed by atoms with Crippen LogP contribution >= 0.6 is 11.6 Å². The highest BCUT2D eigenvalue weighted by Gasteiger charge is 2.09. The molecule has 0 bridgehead atoms. The number of halogens is 1. The van der Waals surface area contributed by atoms with Crippen molar-refractivity contribution < 1.29 is 4.74 Å². The summed E-state index contributed by atoms with van der Waals surface area (Å²) >= 11 is 6.26. The van der Waals surface area contributed by atoms with Gasteiger partial charge in [0.05, 0.1) is 0 Å². The number of aromatic nitrogens is 3. The Morgan fingerprint density at radius 2 is 1.68 bits per heavy atom. The van der Waals surface area contributed by atoms with E-state index in [2.05, 4.69) is 20.3 Å². The van der Waals surface area contributed by atoms with Crippen LogP contribution in [0, 0.1) is 6.92 Å². The first-order valence-electron chi connectivity index (χ1n) is 8.73. The molecule has 140 valence electrons. The van der Waals surface area contributed by atoms with Crippen LogP contribution in [0.3, 0.4) is 0 Å². The number of fused-ring (bicyclic) bond motifs is 1. The smallest absolute Gasteiger partial charge is 0.232 e. The van der Waals surface area contributed by atoms with Gasteiger partial charge in [-0.05, 0) is 31.2 Å². The van der Waals surface area contributed by atoms with E-state index in [4.69, 9.17) is 22.1 Å². The number of ether oxygens (including phenoxy) is 1. The molecule has 0 spiro atoms. The molecule has 0 aliphatic rings. The molecule has 7 heteroatoms. The number of hydrogen-bond acceptors (Lipinski definition) is 6. The maximum Gasteiger partial charge on any atom is 0.232 e. The van der Waals surface area contributed by atoms with E-state index in [1.807, 2.05) is 67.6 Å². The number of benzene rings is 3. The third-order valence-corrected chi connectivity index (χ3v) is 4.52. The van der Waals surface area contributed by atoms with Crippen molar-refractivity contribution in [2.24, 2.45) is 0 Å². The second-order valence-electron chi connectivity index (χ2n) is 6.30. The van der Waals surface area contributed by atoms with Crippen LogP contribution in [0.5, 0.6) is 5.75 Å². The van der Waals surface area contributed by atoms with E-state index < -0.39 is 0 Å². The van der Waals surface area contributed by atoms with Crippen LogP contribution in [-0.2, 0) is 6.61 Å². The molecule has 0 aliphatic carbocycles. The average Bonchev–Trinajstić information content (AvgIpc) is 2.69. The molecule has 28 heavy (non-hydrogen) atoms. The Morgan fingerprint density at radius 3 is 2.46 bits per heavy atom. The van der Waals surface area contributed by atoms with E-state index in [1.54, 1.807) is 0 Å². The molecule has 0 saturated heterocycles. The predicted molar refractivity (Wildman–Crippen MR) is 112 cm³/mol. The predicted octanol–water partition coefficient (Wildman–Crippen LogP) is 4.89. The Morgan fingerprint density at radius 1 is 0.929 bits per heavy atom. The van der Waals surface area contributed by atoms with Crippen LogP contribution in [-0.4, -0.2) is 15.0 Å². The molecule has 1 heterocycles. The zero-order valence-corrected chi connectivity index (χ0v) is 15.9. The Hall–Kier alpha value is -3.38. The first-order valence-corrected chi connectivity index (χ1v) is 9.10. The summed E-state index contributed by atoms with van der Waals surface area (Å²) in [5, 5.41) is 5.67. The van der Waals surface area contributed by atoms with Gasteiger partial charge in [0.1, 0.15) is 12.4 Å². The molecular weight excluding hydrogens is 374 g/mol. The molecule has 0 fully saturated rings. The van der Waals surface area contributed by atoms with Crippen molar-refractivity contribution in [2.75, 3.05) is 11.1 Å². The summed E-state index contributed by atoms with van der Waals surface area (Å²) in [5.41, 5.74) is 7.88. The van der Waals surface area contributed by atoms with Gasteiger partial charge in [-0.1, -0.05) is 53.6 Å². The number of hydrogen-bond donors (Lipinski definition) is 2. The second kappa shape index (κ2) is 7.70. The maximum atomic E-state index is 6.26. The van der Waals surface area contributed by atoms with Crippen molar-refractivity contribution >= 4 is 40.0 Å². The van der Waals surface area contributed by atoms with Gasteiger partial charge in [0.25, 0.3) is 0 Å². The van der Waals surface area contributed by atoms with Gasteiger partial charge in [-0.3, -0.25) is 0 Å². The number of nitrogens with two attached hydrogens (primary N) is 1. The van der Waals surface area contributed by atoms with Gasteiger partial charge in [-0.15, -0.1) is 0 Å². The van der Waals surface area contributed by atoms with Crippen LogP contribution in [0.15, 0.2) is 60.7 Å². The van der Waals surface area contributed by atoms with Crippen LogP contribution in [0.2, 0.25) is 5.02 Å². The summed E-state index contributed by atoms with van der Waals surface area (Å²) in [5.74, 6) is 1.63. The van der Waals surface area contributed by atoms with Gasteiger partial charge < -0.3 is 15.8 Å². The number of nitrogens with one attached hydrogen (secondary N) is 1. The van der Waals surface area contributed by atoms with Gasteiger partial charge in [0.2, 0.25) is 11.9 Å². The fourth-order valence-corrected chi connectivity index (χ4v) is 3.06. The summed E-state index contributed by atoms with van der Waals surface area (Å²) in [6.45, 7) is 2.18. The maximum absolute atomic E-state index is 6.26. The van der Waals surface area contributed by atoms with E-state index in [0.717, 1.165) is 16.5 Å². The van der Waals surface area contributed by atoms with Gasteiger partial charge in [-0.25, -0.2) is 0 Å². The first-order chi connectivity index (χ1) is 13.6. The van der Waals surface area contributed by atoms with Crippen molar-refractivity contribution in [1.82, 2.24) is 15.0 Å². The van der Waals surface area contributed by atoms with Crippen molar-refractivity contribution in [3.63, 3.8) is 0 Å². The fourth-order valence-electron chi connectivity index (χ4n) is 2.83. The van der Waals surface area contributed by atoms with E-state index in [9.17, 15) is 0 Å². The zero-order chi connectivity index (χ0) is 19.5. The lowest BCUT2D eigenvalue weighted by molar-refractivity contribution is 0.299. The Bertz CT molecular complexity index is 1130. The highest BCUT2D eigenvalue weighted by atomic mass is 35.5. The number of anilines is 3. The Kier molecular flexibility index (Phi) is 4.95. The number of rotatable bonds is 5. The third-order valence-electron chi connectivity index (χ3n) is 4.19. The molecule has 0 unspecified atom stereocenters. The molecule has 0 radical (unpaired) electrons. The number of aryl methyl sites for hydroxylation is 1. The van der Waals surface area contributed by atoms with Crippen molar-refractivity contribution in [3.05, 3.63) is 77.1 Å². The van der Waals surface area contributed by atoms with E-state index in [-0.39, 0.29) is 12.6 Å². The molecule has 4 aromatic rings. The molecule has 0 saturated carbocycles. The van der Waals surface area contributed by atoms with Gasteiger partial charge in [0, 0.05) is 21.5 Å². The monoisotopic (exact) mass is 391 g/mol. The molecule has 3 aromatic carbocycles. The van der Waals surface area contributed by atoms with Crippen molar-refractivity contribution in [1.29, 1.82) is 0 Å².